The Morgan fingerprint density at radius 2 is 2.06 bits per heavy atom. The quantitative estimate of drug-likeness (QED) is 0.757. The molecule has 4 nitrogen and oxygen atoms in total. The Kier molecular flexibility index (Phi) is 6.39. The topological polar surface area (TPSA) is 64.3 Å². The maximum absolute atomic E-state index is 11.8. The van der Waals surface area contributed by atoms with E-state index in [1.165, 1.54) is 0 Å². The Balaban J connectivity index is 2.33. The van der Waals surface area contributed by atoms with Crippen LogP contribution in [0, 0.1) is 5.92 Å². The molecule has 1 amide bonds. The Morgan fingerprint density at radius 3 is 2.67 bits per heavy atom. The van der Waals surface area contributed by atoms with E-state index in [0.717, 1.165) is 5.56 Å². The minimum atomic E-state index is -0.498. The van der Waals surface area contributed by atoms with Crippen molar-refractivity contribution in [2.24, 2.45) is 11.7 Å². The number of ether oxygens (including phenoxy) is 1. The van der Waals surface area contributed by atoms with Crippen LogP contribution in [0.2, 0.25) is 0 Å². The molecule has 1 rings (SSSR count). The standard InChI is InChI=1S/C14H22N2O2/c1-11(10-18-2)9-16-14(17)13(15)8-12-6-4-3-5-7-12/h3-7,11,13H,8-10,15H2,1-2H3,(H,16,17). The Labute approximate surface area is 109 Å². The predicted molar refractivity (Wildman–Crippen MR) is 72.2 cm³/mol. The molecule has 4 heteroatoms. The van der Waals surface area contributed by atoms with Gasteiger partial charge >= 0.3 is 0 Å². The molecule has 0 spiro atoms. The van der Waals surface area contributed by atoms with Crippen LogP contribution in [0.15, 0.2) is 30.3 Å². The summed E-state index contributed by atoms with van der Waals surface area (Å²) in [6.07, 6.45) is 0.561. The van der Waals surface area contributed by atoms with Gasteiger partial charge in [-0.15, -0.1) is 0 Å². The van der Waals surface area contributed by atoms with Gasteiger partial charge in [0.1, 0.15) is 0 Å². The smallest absolute Gasteiger partial charge is 0.237 e. The van der Waals surface area contributed by atoms with Crippen LogP contribution >= 0.6 is 0 Å². The largest absolute Gasteiger partial charge is 0.384 e. The van der Waals surface area contributed by atoms with Gasteiger partial charge in [0.25, 0.3) is 0 Å². The van der Waals surface area contributed by atoms with Crippen LogP contribution in [0.25, 0.3) is 0 Å². The minimum Gasteiger partial charge on any atom is -0.384 e. The summed E-state index contributed by atoms with van der Waals surface area (Å²) in [6, 6.07) is 9.28. The second kappa shape index (κ2) is 7.84. The molecule has 1 aromatic rings. The van der Waals surface area contributed by atoms with Crippen LogP contribution in [0.5, 0.6) is 0 Å². The van der Waals surface area contributed by atoms with E-state index in [9.17, 15) is 4.79 Å². The number of carbonyl (C=O) groups is 1. The Hall–Kier alpha value is -1.39. The van der Waals surface area contributed by atoms with Gasteiger partial charge in [0, 0.05) is 13.7 Å². The third-order valence-electron chi connectivity index (χ3n) is 2.71. The molecular formula is C14H22N2O2. The third kappa shape index (κ3) is 5.29. The van der Waals surface area contributed by atoms with Crippen LogP contribution in [-0.4, -0.2) is 32.2 Å². The van der Waals surface area contributed by atoms with Crippen LogP contribution in [0.3, 0.4) is 0 Å². The number of hydrogen-bond donors (Lipinski definition) is 2. The number of carbonyl (C=O) groups excluding carboxylic acids is 1. The van der Waals surface area contributed by atoms with Gasteiger partial charge in [-0.2, -0.15) is 0 Å². The van der Waals surface area contributed by atoms with Gasteiger partial charge in [0.05, 0.1) is 12.6 Å². The summed E-state index contributed by atoms with van der Waals surface area (Å²) in [7, 11) is 1.65. The zero-order valence-electron chi connectivity index (χ0n) is 11.1. The van der Waals surface area contributed by atoms with Gasteiger partial charge in [-0.1, -0.05) is 37.3 Å². The van der Waals surface area contributed by atoms with E-state index in [2.05, 4.69) is 5.32 Å². The van der Waals surface area contributed by atoms with Crippen molar-refractivity contribution in [2.75, 3.05) is 20.3 Å². The molecule has 3 N–H and O–H groups in total. The lowest BCUT2D eigenvalue weighted by atomic mass is 10.1. The molecule has 1 aromatic carbocycles. The first-order valence-electron chi connectivity index (χ1n) is 6.19. The number of nitrogens with two attached hydrogens (primary N) is 1. The summed E-state index contributed by atoms with van der Waals surface area (Å²) in [4.78, 5) is 11.8. The van der Waals surface area contributed by atoms with Crippen LogP contribution in [0.4, 0.5) is 0 Å². The van der Waals surface area contributed by atoms with Gasteiger partial charge < -0.3 is 15.8 Å². The van der Waals surface area contributed by atoms with Gasteiger partial charge in [-0.25, -0.2) is 0 Å². The highest BCUT2D eigenvalue weighted by molar-refractivity contribution is 5.81. The Morgan fingerprint density at radius 1 is 1.39 bits per heavy atom. The summed E-state index contributed by atoms with van der Waals surface area (Å²) in [5.41, 5.74) is 6.94. The van der Waals surface area contributed by atoms with Gasteiger partial charge in [-0.05, 0) is 17.9 Å². The summed E-state index contributed by atoms with van der Waals surface area (Å²) in [5, 5.41) is 2.84. The predicted octanol–water partition coefficient (Wildman–Crippen LogP) is 0.955. The molecule has 0 radical (unpaired) electrons. The third-order valence-corrected chi connectivity index (χ3v) is 2.71. The average Bonchev–Trinajstić information content (AvgIpc) is 2.37. The highest BCUT2D eigenvalue weighted by atomic mass is 16.5. The molecule has 0 aliphatic heterocycles. The molecule has 100 valence electrons. The fraction of sp³-hybridized carbons (Fsp3) is 0.500. The molecule has 0 aliphatic carbocycles. The van der Waals surface area contributed by atoms with E-state index in [1.807, 2.05) is 37.3 Å². The first-order valence-corrected chi connectivity index (χ1v) is 6.19. The Bertz CT molecular complexity index is 354. The summed E-state index contributed by atoms with van der Waals surface area (Å²) in [6.45, 7) is 3.25. The maximum Gasteiger partial charge on any atom is 0.237 e. The van der Waals surface area contributed by atoms with E-state index < -0.39 is 6.04 Å². The molecule has 0 saturated carbocycles. The van der Waals surface area contributed by atoms with Crippen LogP contribution in [-0.2, 0) is 16.0 Å². The molecule has 0 aliphatic rings. The van der Waals surface area contributed by atoms with Crippen molar-refractivity contribution in [1.29, 1.82) is 0 Å². The lowest BCUT2D eigenvalue weighted by molar-refractivity contribution is -0.122. The number of nitrogens with one attached hydrogen (secondary N) is 1. The lowest BCUT2D eigenvalue weighted by Crippen LogP contribution is -2.43. The number of amides is 1. The van der Waals surface area contributed by atoms with Gasteiger partial charge in [0.15, 0.2) is 0 Å². The zero-order valence-corrected chi connectivity index (χ0v) is 11.1. The molecular weight excluding hydrogens is 228 g/mol. The van der Waals surface area contributed by atoms with Crippen molar-refractivity contribution >= 4 is 5.91 Å². The van der Waals surface area contributed by atoms with Crippen molar-refractivity contribution in [1.82, 2.24) is 5.32 Å². The normalized spacial score (nSPS) is 13.9. The van der Waals surface area contributed by atoms with Crippen molar-refractivity contribution in [3.8, 4) is 0 Å². The maximum atomic E-state index is 11.8. The van der Waals surface area contributed by atoms with Crippen LogP contribution < -0.4 is 11.1 Å². The van der Waals surface area contributed by atoms with Crippen molar-refractivity contribution in [3.05, 3.63) is 35.9 Å². The van der Waals surface area contributed by atoms with Crippen LogP contribution in [0.1, 0.15) is 12.5 Å². The molecule has 18 heavy (non-hydrogen) atoms. The van der Waals surface area contributed by atoms with E-state index in [4.69, 9.17) is 10.5 Å². The first-order chi connectivity index (χ1) is 8.63. The van der Waals surface area contributed by atoms with E-state index in [1.54, 1.807) is 7.11 Å². The van der Waals surface area contributed by atoms with E-state index in [0.29, 0.717) is 25.5 Å². The van der Waals surface area contributed by atoms with E-state index in [-0.39, 0.29) is 5.91 Å². The molecule has 0 fully saturated rings. The zero-order chi connectivity index (χ0) is 13.4. The number of rotatable bonds is 7. The monoisotopic (exact) mass is 250 g/mol. The van der Waals surface area contributed by atoms with Crippen molar-refractivity contribution < 1.29 is 9.53 Å². The molecule has 2 atom stereocenters. The molecule has 0 aromatic heterocycles. The number of benzene rings is 1. The second-order valence-corrected chi connectivity index (χ2v) is 4.60. The number of methoxy groups -OCH3 is 1. The van der Waals surface area contributed by atoms with Crippen molar-refractivity contribution in [3.63, 3.8) is 0 Å². The van der Waals surface area contributed by atoms with Gasteiger partial charge in [-0.3, -0.25) is 4.79 Å². The molecule has 0 bridgehead atoms. The number of hydrogen-bond acceptors (Lipinski definition) is 3. The highest BCUT2D eigenvalue weighted by Crippen LogP contribution is 2.02. The fourth-order valence-electron chi connectivity index (χ4n) is 1.71. The minimum absolute atomic E-state index is 0.109. The summed E-state index contributed by atoms with van der Waals surface area (Å²) in [5.74, 6) is 0.185. The van der Waals surface area contributed by atoms with Gasteiger partial charge in [0.2, 0.25) is 5.91 Å². The second-order valence-electron chi connectivity index (χ2n) is 4.60. The average molecular weight is 250 g/mol. The van der Waals surface area contributed by atoms with E-state index >= 15 is 0 Å². The lowest BCUT2D eigenvalue weighted by Gasteiger charge is -2.15. The first kappa shape index (κ1) is 14.7. The molecule has 0 heterocycles. The summed E-state index contributed by atoms with van der Waals surface area (Å²) < 4.78 is 5.01. The summed E-state index contributed by atoms with van der Waals surface area (Å²) >= 11 is 0. The highest BCUT2D eigenvalue weighted by Gasteiger charge is 2.14. The fourth-order valence-corrected chi connectivity index (χ4v) is 1.71. The molecule has 0 saturated heterocycles. The SMILES string of the molecule is COCC(C)CNC(=O)C(N)Cc1ccccc1. The van der Waals surface area contributed by atoms with Crippen molar-refractivity contribution in [2.45, 2.75) is 19.4 Å². The molecule has 2 unspecified atom stereocenters.